The number of benzene rings is 1. The predicted octanol–water partition coefficient (Wildman–Crippen LogP) is 2.98. The maximum absolute atomic E-state index is 12.9. The monoisotopic (exact) mass is 398 g/mol. The van der Waals surface area contributed by atoms with E-state index in [0.717, 1.165) is 0 Å². The van der Waals surface area contributed by atoms with Crippen LogP contribution in [0, 0.1) is 16.0 Å². The van der Waals surface area contributed by atoms with Crippen LogP contribution in [0.2, 0.25) is 0 Å². The van der Waals surface area contributed by atoms with E-state index in [1.807, 2.05) is 0 Å². The van der Waals surface area contributed by atoms with Crippen molar-refractivity contribution in [3.63, 3.8) is 0 Å². The molecule has 2 amide bonds. The normalized spacial score (nSPS) is 16.1. The van der Waals surface area contributed by atoms with Crippen molar-refractivity contribution in [1.82, 2.24) is 9.91 Å². The van der Waals surface area contributed by atoms with Gasteiger partial charge in [-0.1, -0.05) is 13.8 Å². The minimum atomic E-state index is -0.469. The molecular formula is C20H22N4O5. The van der Waals surface area contributed by atoms with Crippen molar-refractivity contribution in [2.45, 2.75) is 26.3 Å². The van der Waals surface area contributed by atoms with Gasteiger partial charge >= 0.3 is 0 Å². The summed E-state index contributed by atoms with van der Waals surface area (Å²) in [5.41, 5.74) is 1.29. The molecule has 1 aromatic heterocycles. The smallest absolute Gasteiger partial charge is 0.269 e. The summed E-state index contributed by atoms with van der Waals surface area (Å²) < 4.78 is 5.49. The fraction of sp³-hybridized carbons (Fsp3) is 0.350. The maximum atomic E-state index is 12.9. The van der Waals surface area contributed by atoms with Crippen molar-refractivity contribution >= 4 is 23.2 Å². The number of nitro benzene ring substituents is 1. The van der Waals surface area contributed by atoms with Gasteiger partial charge in [-0.2, -0.15) is 5.10 Å². The highest BCUT2D eigenvalue weighted by Crippen LogP contribution is 2.33. The first-order valence-electron chi connectivity index (χ1n) is 9.20. The Kier molecular flexibility index (Phi) is 5.76. The number of non-ortho nitro benzene ring substituents is 1. The van der Waals surface area contributed by atoms with E-state index in [2.05, 4.69) is 5.10 Å². The van der Waals surface area contributed by atoms with Crippen LogP contribution < -0.4 is 0 Å². The van der Waals surface area contributed by atoms with Crippen LogP contribution >= 0.6 is 0 Å². The van der Waals surface area contributed by atoms with Crippen LogP contribution in [-0.2, 0) is 9.59 Å². The lowest BCUT2D eigenvalue weighted by molar-refractivity contribution is -0.384. The Labute approximate surface area is 167 Å². The molecule has 1 aromatic carbocycles. The maximum Gasteiger partial charge on any atom is 0.269 e. The number of hydrogen-bond acceptors (Lipinski definition) is 6. The minimum absolute atomic E-state index is 0.0170. The molecule has 0 bridgehead atoms. The highest BCUT2D eigenvalue weighted by Gasteiger charge is 2.35. The van der Waals surface area contributed by atoms with Crippen molar-refractivity contribution in [3.8, 4) is 0 Å². The molecule has 0 radical (unpaired) electrons. The molecule has 0 fully saturated rings. The van der Waals surface area contributed by atoms with E-state index < -0.39 is 11.0 Å². The molecule has 2 aromatic rings. The summed E-state index contributed by atoms with van der Waals surface area (Å²) in [5.74, 6) is -0.102. The third-order valence-corrected chi connectivity index (χ3v) is 4.69. The second kappa shape index (κ2) is 8.26. The number of carbonyl (C=O) groups is 2. The van der Waals surface area contributed by atoms with E-state index in [4.69, 9.17) is 4.42 Å². The molecule has 2 heterocycles. The number of hydrazone groups is 1. The lowest BCUT2D eigenvalue weighted by atomic mass is 10.0. The van der Waals surface area contributed by atoms with Gasteiger partial charge in [-0.15, -0.1) is 0 Å². The Morgan fingerprint density at radius 3 is 2.55 bits per heavy atom. The molecule has 0 N–H and O–H groups in total. The minimum Gasteiger partial charge on any atom is -0.467 e. The lowest BCUT2D eigenvalue weighted by Crippen LogP contribution is -2.40. The first-order valence-corrected chi connectivity index (χ1v) is 9.20. The fourth-order valence-corrected chi connectivity index (χ4v) is 3.19. The molecule has 1 atom stereocenters. The van der Waals surface area contributed by atoms with Gasteiger partial charge in [0.1, 0.15) is 18.3 Å². The second-order valence-corrected chi connectivity index (χ2v) is 7.17. The summed E-state index contributed by atoms with van der Waals surface area (Å²) in [6.07, 6.45) is 1.93. The zero-order valence-corrected chi connectivity index (χ0v) is 16.4. The number of rotatable bonds is 6. The molecule has 9 nitrogen and oxygen atoms in total. The van der Waals surface area contributed by atoms with E-state index in [-0.39, 0.29) is 30.0 Å². The van der Waals surface area contributed by atoms with Gasteiger partial charge < -0.3 is 9.32 Å². The highest BCUT2D eigenvalue weighted by molar-refractivity contribution is 6.03. The number of nitrogens with zero attached hydrogens (tertiary/aromatic N) is 4. The Bertz CT molecular complexity index is 934. The number of hydrogen-bond donors (Lipinski definition) is 0. The molecule has 9 heteroatoms. The number of furan rings is 1. The van der Waals surface area contributed by atoms with Crippen LogP contribution in [0.15, 0.2) is 52.2 Å². The summed E-state index contributed by atoms with van der Waals surface area (Å²) in [7, 11) is 1.58. The Balaban J connectivity index is 1.85. The zero-order chi connectivity index (χ0) is 21.1. The Hall–Kier alpha value is -3.49. The second-order valence-electron chi connectivity index (χ2n) is 7.17. The molecule has 152 valence electrons. The lowest BCUT2D eigenvalue weighted by Gasteiger charge is -2.24. The van der Waals surface area contributed by atoms with Gasteiger partial charge in [0.15, 0.2) is 0 Å². The number of nitro groups is 1. The van der Waals surface area contributed by atoms with Crippen molar-refractivity contribution in [3.05, 3.63) is 64.1 Å². The van der Waals surface area contributed by atoms with E-state index in [1.165, 1.54) is 28.3 Å². The van der Waals surface area contributed by atoms with E-state index >= 15 is 0 Å². The Morgan fingerprint density at radius 2 is 2.00 bits per heavy atom. The van der Waals surface area contributed by atoms with E-state index in [9.17, 15) is 19.7 Å². The van der Waals surface area contributed by atoms with Crippen molar-refractivity contribution in [2.75, 3.05) is 13.6 Å². The molecule has 0 aliphatic carbocycles. The molecule has 3 rings (SSSR count). The van der Waals surface area contributed by atoms with Gasteiger partial charge in [0.2, 0.25) is 5.91 Å². The third-order valence-electron chi connectivity index (χ3n) is 4.69. The topological polar surface area (TPSA) is 109 Å². The molecule has 29 heavy (non-hydrogen) atoms. The van der Waals surface area contributed by atoms with Gasteiger partial charge in [-0.3, -0.25) is 19.7 Å². The van der Waals surface area contributed by atoms with Crippen LogP contribution in [0.4, 0.5) is 5.69 Å². The van der Waals surface area contributed by atoms with Gasteiger partial charge in [-0.05, 0) is 29.8 Å². The third kappa shape index (κ3) is 4.34. The molecular weight excluding hydrogens is 376 g/mol. The summed E-state index contributed by atoms with van der Waals surface area (Å²) in [4.78, 5) is 36.8. The highest BCUT2D eigenvalue weighted by atomic mass is 16.6. The molecule has 0 saturated heterocycles. The van der Waals surface area contributed by atoms with Crippen molar-refractivity contribution in [1.29, 1.82) is 0 Å². The molecule has 1 aliphatic rings. The summed E-state index contributed by atoms with van der Waals surface area (Å²) in [5, 5.41) is 16.7. The van der Waals surface area contributed by atoms with Gasteiger partial charge in [0, 0.05) is 31.5 Å². The summed E-state index contributed by atoms with van der Waals surface area (Å²) >= 11 is 0. The van der Waals surface area contributed by atoms with Gasteiger partial charge in [-0.25, -0.2) is 5.01 Å². The first kappa shape index (κ1) is 20.2. The van der Waals surface area contributed by atoms with Gasteiger partial charge in [0.05, 0.1) is 16.9 Å². The van der Waals surface area contributed by atoms with Crippen LogP contribution in [0.1, 0.15) is 37.6 Å². The molecule has 0 saturated carbocycles. The zero-order valence-electron chi connectivity index (χ0n) is 16.4. The van der Waals surface area contributed by atoms with Crippen LogP contribution in [0.3, 0.4) is 0 Å². The van der Waals surface area contributed by atoms with E-state index in [0.29, 0.717) is 23.5 Å². The average molecular weight is 398 g/mol. The average Bonchev–Trinajstić information content (AvgIpc) is 3.36. The first-order chi connectivity index (χ1) is 13.8. The van der Waals surface area contributed by atoms with Crippen LogP contribution in [-0.4, -0.2) is 46.0 Å². The standard InChI is InChI=1S/C20H22N4O5/c1-13(2)20(26)22(3)12-19(25)23-17(18-5-4-10-29-18)11-16(21-23)14-6-8-15(9-7-14)24(27)28/h4-10,13,17H,11-12H2,1-3H3/t17-/m0/s1. The summed E-state index contributed by atoms with van der Waals surface area (Å²) in [6.45, 7) is 3.44. The predicted molar refractivity (Wildman–Crippen MR) is 105 cm³/mol. The van der Waals surface area contributed by atoms with Crippen molar-refractivity contribution < 1.29 is 18.9 Å². The summed E-state index contributed by atoms with van der Waals surface area (Å²) in [6, 6.07) is 9.08. The quantitative estimate of drug-likeness (QED) is 0.549. The Morgan fingerprint density at radius 1 is 1.31 bits per heavy atom. The van der Waals surface area contributed by atoms with Crippen LogP contribution in [0.5, 0.6) is 0 Å². The SMILES string of the molecule is CC(C)C(=O)N(C)CC(=O)N1N=C(c2ccc([N+](=O)[O-])cc2)C[C@H]1c1ccco1. The molecule has 0 unspecified atom stereocenters. The fourth-order valence-electron chi connectivity index (χ4n) is 3.19. The number of likely N-dealkylation sites (N-methyl/N-ethyl adjacent to an activating group) is 1. The number of carbonyl (C=O) groups excluding carboxylic acids is 2. The van der Waals surface area contributed by atoms with Crippen molar-refractivity contribution in [2.24, 2.45) is 11.0 Å². The molecule has 0 spiro atoms. The van der Waals surface area contributed by atoms with Crippen LogP contribution in [0.25, 0.3) is 0 Å². The van der Waals surface area contributed by atoms with Gasteiger partial charge in [0.25, 0.3) is 11.6 Å². The largest absolute Gasteiger partial charge is 0.467 e. The molecule has 1 aliphatic heterocycles. The van der Waals surface area contributed by atoms with E-state index in [1.54, 1.807) is 45.2 Å². The number of amides is 2.